The lowest BCUT2D eigenvalue weighted by atomic mass is 9.95. The van der Waals surface area contributed by atoms with Gasteiger partial charge in [0.1, 0.15) is 10.5 Å². The molecule has 2 aromatic heterocycles. The Labute approximate surface area is 170 Å². The van der Waals surface area contributed by atoms with Gasteiger partial charge in [-0.25, -0.2) is 9.37 Å². The third-order valence-corrected chi connectivity index (χ3v) is 6.68. The molecule has 0 saturated heterocycles. The smallest absolute Gasteiger partial charge is 0.276 e. The summed E-state index contributed by atoms with van der Waals surface area (Å²) in [5, 5.41) is 5.17. The van der Waals surface area contributed by atoms with Crippen molar-refractivity contribution in [3.63, 3.8) is 0 Å². The molecule has 0 atom stereocenters. The van der Waals surface area contributed by atoms with Crippen molar-refractivity contribution >= 4 is 39.2 Å². The van der Waals surface area contributed by atoms with Crippen molar-refractivity contribution in [1.82, 2.24) is 14.9 Å². The number of rotatable bonds is 5. The van der Waals surface area contributed by atoms with Crippen molar-refractivity contribution in [2.45, 2.75) is 43.3 Å². The molecule has 1 aromatic carbocycles. The van der Waals surface area contributed by atoms with E-state index in [-0.39, 0.29) is 28.9 Å². The second-order valence-corrected chi connectivity index (χ2v) is 8.67. The molecule has 0 unspecified atom stereocenters. The Morgan fingerprint density at radius 2 is 2.04 bits per heavy atom. The summed E-state index contributed by atoms with van der Waals surface area (Å²) in [6.45, 7) is 0. The summed E-state index contributed by atoms with van der Waals surface area (Å²) in [6.07, 6.45) is 5.52. The highest BCUT2D eigenvalue weighted by Gasteiger charge is 2.19. The normalized spacial score (nSPS) is 15.0. The summed E-state index contributed by atoms with van der Waals surface area (Å²) in [6, 6.07) is 8.09. The number of hydrogen-bond acceptors (Lipinski definition) is 5. The summed E-state index contributed by atoms with van der Waals surface area (Å²) in [5.41, 5.74) is 0.392. The third-order valence-electron chi connectivity index (χ3n) is 4.85. The van der Waals surface area contributed by atoms with Gasteiger partial charge in [0.05, 0.1) is 17.0 Å². The van der Waals surface area contributed by atoms with Crippen molar-refractivity contribution in [2.75, 3.05) is 5.75 Å². The predicted octanol–water partition coefficient (Wildman–Crippen LogP) is 4.13. The van der Waals surface area contributed by atoms with Crippen LogP contribution in [0.15, 0.2) is 45.7 Å². The van der Waals surface area contributed by atoms with Gasteiger partial charge in [-0.1, -0.05) is 43.2 Å². The Bertz CT molecular complexity index is 1060. The number of halogens is 1. The average Bonchev–Trinajstić information content (AvgIpc) is 3.17. The van der Waals surface area contributed by atoms with E-state index in [4.69, 9.17) is 0 Å². The van der Waals surface area contributed by atoms with Crippen LogP contribution in [0.25, 0.3) is 15.9 Å². The number of nitrogens with one attached hydrogen (secondary N) is 1. The lowest BCUT2D eigenvalue weighted by molar-refractivity contribution is -0.119. The van der Waals surface area contributed by atoms with E-state index < -0.39 is 5.82 Å². The van der Waals surface area contributed by atoms with Gasteiger partial charge in [0.15, 0.2) is 5.16 Å². The molecule has 1 amide bonds. The fourth-order valence-corrected chi connectivity index (χ4v) is 5.06. The van der Waals surface area contributed by atoms with E-state index in [1.807, 2.05) is 0 Å². The van der Waals surface area contributed by atoms with Crippen LogP contribution in [-0.2, 0) is 4.79 Å². The number of carbonyl (C=O) groups is 1. The number of thioether (sulfide) groups is 1. The van der Waals surface area contributed by atoms with E-state index in [1.54, 1.807) is 29.6 Å². The molecule has 5 nitrogen and oxygen atoms in total. The number of hydrogen-bond donors (Lipinski definition) is 1. The van der Waals surface area contributed by atoms with Crippen LogP contribution in [0.2, 0.25) is 0 Å². The molecule has 0 bridgehead atoms. The number of amides is 1. The summed E-state index contributed by atoms with van der Waals surface area (Å²) in [4.78, 5) is 29.9. The van der Waals surface area contributed by atoms with E-state index in [0.29, 0.717) is 15.4 Å². The van der Waals surface area contributed by atoms with Crippen LogP contribution in [0.4, 0.5) is 4.39 Å². The molecular weight excluding hydrogens is 397 g/mol. The maximum Gasteiger partial charge on any atom is 0.276 e. The van der Waals surface area contributed by atoms with E-state index in [2.05, 4.69) is 10.3 Å². The molecule has 8 heteroatoms. The largest absolute Gasteiger partial charge is 0.353 e. The van der Waals surface area contributed by atoms with Gasteiger partial charge in [-0.15, -0.1) is 11.3 Å². The fourth-order valence-electron chi connectivity index (χ4n) is 3.48. The number of thiophene rings is 1. The molecule has 28 heavy (non-hydrogen) atoms. The summed E-state index contributed by atoms with van der Waals surface area (Å²) in [5.74, 6) is -0.458. The molecule has 1 N–H and O–H groups in total. The van der Waals surface area contributed by atoms with Gasteiger partial charge in [0.2, 0.25) is 5.91 Å². The number of carbonyl (C=O) groups excluding carboxylic acids is 1. The fraction of sp³-hybridized carbons (Fsp3) is 0.350. The van der Waals surface area contributed by atoms with Gasteiger partial charge in [0, 0.05) is 6.04 Å². The van der Waals surface area contributed by atoms with Crippen molar-refractivity contribution in [3.8, 4) is 5.69 Å². The second kappa shape index (κ2) is 8.45. The van der Waals surface area contributed by atoms with Crippen molar-refractivity contribution in [1.29, 1.82) is 0 Å². The lowest BCUT2D eigenvalue weighted by Gasteiger charge is -2.22. The topological polar surface area (TPSA) is 64.0 Å². The zero-order chi connectivity index (χ0) is 19.5. The second-order valence-electron chi connectivity index (χ2n) is 6.81. The number of benzene rings is 1. The Kier molecular flexibility index (Phi) is 5.77. The summed E-state index contributed by atoms with van der Waals surface area (Å²) in [7, 11) is 0. The van der Waals surface area contributed by atoms with Crippen LogP contribution in [-0.4, -0.2) is 27.3 Å². The third kappa shape index (κ3) is 3.98. The first-order valence-electron chi connectivity index (χ1n) is 9.31. The Hall–Kier alpha value is -2.19. The standard InChI is InChI=1S/C20H20FN3O2S2/c21-14-8-4-5-9-16(14)24-19(26)18-15(10-11-27-18)23-20(24)28-12-17(25)22-13-6-2-1-3-7-13/h4-5,8-11,13H,1-3,6-7,12H2,(H,22,25). The van der Waals surface area contributed by atoms with Gasteiger partial charge >= 0.3 is 0 Å². The SMILES string of the molecule is O=C(CSc1nc2ccsc2c(=O)n1-c1ccccc1F)NC1CCCCC1. The van der Waals surface area contributed by atoms with E-state index in [9.17, 15) is 14.0 Å². The van der Waals surface area contributed by atoms with Crippen LogP contribution < -0.4 is 10.9 Å². The molecule has 2 heterocycles. The lowest BCUT2D eigenvalue weighted by Crippen LogP contribution is -2.37. The van der Waals surface area contributed by atoms with E-state index >= 15 is 0 Å². The first kappa shape index (κ1) is 19.1. The summed E-state index contributed by atoms with van der Waals surface area (Å²) >= 11 is 2.44. The van der Waals surface area contributed by atoms with Crippen LogP contribution in [0, 0.1) is 5.82 Å². The zero-order valence-electron chi connectivity index (χ0n) is 15.2. The quantitative estimate of drug-likeness (QED) is 0.501. The summed E-state index contributed by atoms with van der Waals surface area (Å²) < 4.78 is 16.1. The molecule has 4 rings (SSSR count). The van der Waals surface area contributed by atoms with Crippen LogP contribution in [0.1, 0.15) is 32.1 Å². The van der Waals surface area contributed by atoms with Crippen LogP contribution >= 0.6 is 23.1 Å². The Morgan fingerprint density at radius 3 is 2.82 bits per heavy atom. The first-order valence-corrected chi connectivity index (χ1v) is 11.2. The van der Waals surface area contributed by atoms with Gasteiger partial charge in [-0.3, -0.25) is 14.2 Å². The highest BCUT2D eigenvalue weighted by atomic mass is 32.2. The van der Waals surface area contributed by atoms with Gasteiger partial charge in [-0.05, 0) is 36.4 Å². The van der Waals surface area contributed by atoms with E-state index in [0.717, 1.165) is 37.4 Å². The van der Waals surface area contributed by atoms with E-state index in [1.165, 1.54) is 28.4 Å². The van der Waals surface area contributed by atoms with Gasteiger partial charge in [-0.2, -0.15) is 0 Å². The molecule has 1 fully saturated rings. The Balaban J connectivity index is 1.62. The monoisotopic (exact) mass is 417 g/mol. The van der Waals surface area contributed by atoms with Crippen molar-refractivity contribution in [3.05, 3.63) is 51.9 Å². The number of fused-ring (bicyclic) bond motifs is 1. The minimum Gasteiger partial charge on any atom is -0.353 e. The molecular formula is C20H20FN3O2S2. The molecule has 0 spiro atoms. The minimum atomic E-state index is -0.504. The first-order chi connectivity index (χ1) is 13.6. The van der Waals surface area contributed by atoms with Crippen molar-refractivity contribution in [2.24, 2.45) is 0 Å². The molecule has 0 radical (unpaired) electrons. The predicted molar refractivity (Wildman–Crippen MR) is 111 cm³/mol. The molecule has 1 saturated carbocycles. The van der Waals surface area contributed by atoms with Crippen molar-refractivity contribution < 1.29 is 9.18 Å². The molecule has 1 aliphatic carbocycles. The Morgan fingerprint density at radius 1 is 1.25 bits per heavy atom. The molecule has 3 aromatic rings. The number of aromatic nitrogens is 2. The molecule has 0 aliphatic heterocycles. The number of nitrogens with zero attached hydrogens (tertiary/aromatic N) is 2. The van der Waals surface area contributed by atoms with Crippen LogP contribution in [0.5, 0.6) is 0 Å². The maximum atomic E-state index is 14.4. The van der Waals surface area contributed by atoms with Gasteiger partial charge < -0.3 is 5.32 Å². The zero-order valence-corrected chi connectivity index (χ0v) is 16.8. The van der Waals surface area contributed by atoms with Gasteiger partial charge in [0.25, 0.3) is 5.56 Å². The highest BCUT2D eigenvalue weighted by molar-refractivity contribution is 7.99. The average molecular weight is 418 g/mol. The molecule has 1 aliphatic rings. The number of para-hydroxylation sites is 1. The minimum absolute atomic E-state index is 0.0864. The highest BCUT2D eigenvalue weighted by Crippen LogP contribution is 2.25. The van der Waals surface area contributed by atoms with Crippen LogP contribution in [0.3, 0.4) is 0 Å². The molecule has 146 valence electrons. The maximum absolute atomic E-state index is 14.4.